The van der Waals surface area contributed by atoms with Gasteiger partial charge in [-0.1, -0.05) is 20.8 Å². The van der Waals surface area contributed by atoms with Gasteiger partial charge in [0.15, 0.2) is 0 Å². The molecule has 1 amide bonds. The third-order valence-corrected chi connectivity index (χ3v) is 6.91. The lowest BCUT2D eigenvalue weighted by Gasteiger charge is -2.17. The molecular formula is C30H37FN4O2. The Labute approximate surface area is 218 Å². The van der Waals surface area contributed by atoms with Gasteiger partial charge in [-0.3, -0.25) is 9.48 Å². The summed E-state index contributed by atoms with van der Waals surface area (Å²) in [6.07, 6.45) is 7.99. The van der Waals surface area contributed by atoms with Gasteiger partial charge >= 0.3 is 0 Å². The van der Waals surface area contributed by atoms with Gasteiger partial charge in [0.2, 0.25) is 0 Å². The standard InChI is InChI=1S/C30H37FN4O2/c1-5-15-35-20-22(19-32-35)13-16-34(4)17-14-26-27-18-25(11-12-28(27)37-29(26)21(3)6-2)33-30(36)23-7-9-24(31)10-8-23/h7-12,18-21H,5-6,13-17H2,1-4H3,(H,33,36). The number of aromatic nitrogens is 2. The van der Waals surface area contributed by atoms with Crippen molar-refractivity contribution in [1.29, 1.82) is 0 Å². The van der Waals surface area contributed by atoms with Crippen LogP contribution in [0.25, 0.3) is 11.0 Å². The number of halogens is 1. The number of anilines is 1. The first-order valence-corrected chi connectivity index (χ1v) is 13.2. The largest absolute Gasteiger partial charge is 0.460 e. The number of furan rings is 1. The number of nitrogens with zero attached hydrogens (tertiary/aromatic N) is 3. The van der Waals surface area contributed by atoms with Crippen molar-refractivity contribution in [2.75, 3.05) is 25.5 Å². The quantitative estimate of drug-likeness (QED) is 0.234. The van der Waals surface area contributed by atoms with Gasteiger partial charge in [0.25, 0.3) is 5.91 Å². The topological polar surface area (TPSA) is 63.3 Å². The van der Waals surface area contributed by atoms with Crippen molar-refractivity contribution in [3.8, 4) is 0 Å². The van der Waals surface area contributed by atoms with E-state index in [0.717, 1.165) is 62.0 Å². The highest BCUT2D eigenvalue weighted by atomic mass is 19.1. The Bertz CT molecular complexity index is 1330. The average Bonchev–Trinajstić information content (AvgIpc) is 3.50. The monoisotopic (exact) mass is 504 g/mol. The molecule has 2 aromatic heterocycles. The second-order valence-electron chi connectivity index (χ2n) is 9.84. The molecular weight excluding hydrogens is 467 g/mol. The molecule has 37 heavy (non-hydrogen) atoms. The lowest BCUT2D eigenvalue weighted by atomic mass is 9.98. The molecule has 4 rings (SSSR count). The fourth-order valence-electron chi connectivity index (χ4n) is 4.51. The highest BCUT2D eigenvalue weighted by Crippen LogP contribution is 2.34. The summed E-state index contributed by atoms with van der Waals surface area (Å²) in [5.41, 5.74) is 4.39. The molecule has 1 unspecified atom stereocenters. The Hall–Kier alpha value is -3.45. The summed E-state index contributed by atoms with van der Waals surface area (Å²) in [5, 5.41) is 8.41. The highest BCUT2D eigenvalue weighted by molar-refractivity contribution is 6.05. The minimum absolute atomic E-state index is 0.270. The lowest BCUT2D eigenvalue weighted by molar-refractivity contribution is 0.102. The summed E-state index contributed by atoms with van der Waals surface area (Å²) in [6.45, 7) is 9.31. The van der Waals surface area contributed by atoms with Crippen LogP contribution in [0.3, 0.4) is 0 Å². The van der Waals surface area contributed by atoms with Gasteiger partial charge in [0, 0.05) is 53.9 Å². The predicted molar refractivity (Wildman–Crippen MR) is 147 cm³/mol. The Morgan fingerprint density at radius 2 is 1.89 bits per heavy atom. The average molecular weight is 505 g/mol. The van der Waals surface area contributed by atoms with Crippen molar-refractivity contribution in [2.45, 2.75) is 58.9 Å². The zero-order chi connectivity index (χ0) is 26.4. The number of rotatable bonds is 12. The van der Waals surface area contributed by atoms with Crippen molar-refractivity contribution >= 4 is 22.6 Å². The van der Waals surface area contributed by atoms with Crippen molar-refractivity contribution in [3.63, 3.8) is 0 Å². The number of carbonyl (C=O) groups excluding carboxylic acids is 1. The maximum Gasteiger partial charge on any atom is 0.255 e. The first kappa shape index (κ1) is 26.6. The Morgan fingerprint density at radius 1 is 1.14 bits per heavy atom. The molecule has 4 aromatic rings. The molecule has 196 valence electrons. The predicted octanol–water partition coefficient (Wildman–Crippen LogP) is 6.66. The van der Waals surface area contributed by atoms with Crippen LogP contribution in [-0.4, -0.2) is 40.7 Å². The van der Waals surface area contributed by atoms with Crippen LogP contribution in [0.1, 0.15) is 66.8 Å². The molecule has 0 spiro atoms. The van der Waals surface area contributed by atoms with Gasteiger partial charge in [0.05, 0.1) is 6.20 Å². The minimum atomic E-state index is -0.366. The molecule has 6 nitrogen and oxygen atoms in total. The van der Waals surface area contributed by atoms with Crippen LogP contribution in [-0.2, 0) is 19.4 Å². The van der Waals surface area contributed by atoms with E-state index in [-0.39, 0.29) is 11.7 Å². The number of hydrogen-bond acceptors (Lipinski definition) is 4. The molecule has 1 N–H and O–H groups in total. The van der Waals surface area contributed by atoms with Crippen molar-refractivity contribution < 1.29 is 13.6 Å². The van der Waals surface area contributed by atoms with Gasteiger partial charge in [-0.15, -0.1) is 0 Å². The van der Waals surface area contributed by atoms with Crippen LogP contribution in [0.15, 0.2) is 59.3 Å². The van der Waals surface area contributed by atoms with Crippen LogP contribution in [0.5, 0.6) is 0 Å². The molecule has 0 saturated carbocycles. The maximum absolute atomic E-state index is 13.2. The lowest BCUT2D eigenvalue weighted by Crippen LogP contribution is -2.24. The van der Waals surface area contributed by atoms with E-state index in [9.17, 15) is 9.18 Å². The van der Waals surface area contributed by atoms with Gasteiger partial charge in [-0.2, -0.15) is 5.10 Å². The summed E-state index contributed by atoms with van der Waals surface area (Å²) < 4.78 is 21.6. The number of nitrogens with one attached hydrogen (secondary N) is 1. The fourth-order valence-corrected chi connectivity index (χ4v) is 4.51. The van der Waals surface area contributed by atoms with Crippen LogP contribution < -0.4 is 5.32 Å². The number of benzene rings is 2. The molecule has 0 aliphatic carbocycles. The van der Waals surface area contributed by atoms with E-state index >= 15 is 0 Å². The van der Waals surface area contributed by atoms with Crippen LogP contribution in [0.2, 0.25) is 0 Å². The second-order valence-corrected chi connectivity index (χ2v) is 9.84. The smallest absolute Gasteiger partial charge is 0.255 e. The Balaban J connectivity index is 1.48. The van der Waals surface area contributed by atoms with Gasteiger partial charge in [0.1, 0.15) is 17.2 Å². The van der Waals surface area contributed by atoms with Crippen LogP contribution in [0.4, 0.5) is 10.1 Å². The fraction of sp³-hybridized carbons (Fsp3) is 0.400. The summed E-state index contributed by atoms with van der Waals surface area (Å²) in [5.74, 6) is 0.687. The molecule has 2 heterocycles. The van der Waals surface area contributed by atoms with Crippen LogP contribution >= 0.6 is 0 Å². The first-order valence-electron chi connectivity index (χ1n) is 13.2. The third kappa shape index (κ3) is 6.66. The number of carbonyl (C=O) groups is 1. The Kier molecular flexibility index (Phi) is 8.77. The third-order valence-electron chi connectivity index (χ3n) is 6.91. The second kappa shape index (κ2) is 12.2. The molecule has 2 aromatic carbocycles. The highest BCUT2D eigenvalue weighted by Gasteiger charge is 2.20. The molecule has 7 heteroatoms. The molecule has 0 aliphatic rings. The van der Waals surface area contributed by atoms with Crippen molar-refractivity contribution in [1.82, 2.24) is 14.7 Å². The molecule has 0 aliphatic heterocycles. The molecule has 0 radical (unpaired) electrons. The number of amides is 1. The normalized spacial score (nSPS) is 12.4. The van der Waals surface area contributed by atoms with Gasteiger partial charge < -0.3 is 14.6 Å². The van der Waals surface area contributed by atoms with Crippen molar-refractivity contribution in [2.24, 2.45) is 0 Å². The number of fused-ring (bicyclic) bond motifs is 1. The van der Waals surface area contributed by atoms with Gasteiger partial charge in [-0.25, -0.2) is 4.39 Å². The van der Waals surface area contributed by atoms with Crippen molar-refractivity contribution in [3.05, 3.63) is 83.1 Å². The van der Waals surface area contributed by atoms with E-state index in [4.69, 9.17) is 4.42 Å². The first-order chi connectivity index (χ1) is 17.9. The molecule has 1 atom stereocenters. The summed E-state index contributed by atoms with van der Waals surface area (Å²) in [6, 6.07) is 11.3. The van der Waals surface area contributed by atoms with E-state index in [1.54, 1.807) is 0 Å². The molecule has 0 bridgehead atoms. The summed E-state index contributed by atoms with van der Waals surface area (Å²) >= 11 is 0. The van der Waals surface area contributed by atoms with E-state index in [1.807, 2.05) is 29.1 Å². The van der Waals surface area contributed by atoms with E-state index < -0.39 is 0 Å². The van der Waals surface area contributed by atoms with Gasteiger partial charge in [-0.05, 0) is 80.8 Å². The SMILES string of the molecule is CCCn1cc(CCN(C)CCc2c(C(C)CC)oc3ccc(NC(=O)c4ccc(F)cc4)cc23)cn1. The number of likely N-dealkylation sites (N-methyl/N-ethyl adjacent to an activating group) is 1. The minimum Gasteiger partial charge on any atom is -0.460 e. The molecule has 0 saturated heterocycles. The number of aryl methyl sites for hydroxylation is 1. The van der Waals surface area contributed by atoms with E-state index in [0.29, 0.717) is 17.2 Å². The van der Waals surface area contributed by atoms with E-state index in [2.05, 4.69) is 49.3 Å². The zero-order valence-electron chi connectivity index (χ0n) is 22.3. The Morgan fingerprint density at radius 3 is 2.62 bits per heavy atom. The van der Waals surface area contributed by atoms with E-state index in [1.165, 1.54) is 35.4 Å². The maximum atomic E-state index is 13.2. The summed E-state index contributed by atoms with van der Waals surface area (Å²) in [4.78, 5) is 15.0. The number of hydrogen-bond donors (Lipinski definition) is 1. The zero-order valence-corrected chi connectivity index (χ0v) is 22.3. The molecule has 0 fully saturated rings. The van der Waals surface area contributed by atoms with Crippen LogP contribution in [0, 0.1) is 5.82 Å². The summed E-state index contributed by atoms with van der Waals surface area (Å²) in [7, 11) is 2.15.